The van der Waals surface area contributed by atoms with Crippen LogP contribution in [0.15, 0.2) is 24.5 Å². The highest BCUT2D eigenvalue weighted by molar-refractivity contribution is 5.21. The minimum Gasteiger partial charge on any atom is -0.309 e. The molecule has 1 N–H and O–H groups in total. The van der Waals surface area contributed by atoms with Gasteiger partial charge in [0.15, 0.2) is 0 Å². The molecule has 0 saturated heterocycles. The third-order valence-electron chi connectivity index (χ3n) is 4.32. The van der Waals surface area contributed by atoms with Crippen molar-refractivity contribution in [3.8, 4) is 0 Å². The highest BCUT2D eigenvalue weighted by atomic mass is 15.2. The second kappa shape index (κ2) is 5.81. The van der Waals surface area contributed by atoms with E-state index in [1.165, 1.54) is 31.2 Å². The summed E-state index contributed by atoms with van der Waals surface area (Å²) in [4.78, 5) is 6.71. The first kappa shape index (κ1) is 13.5. The molecule has 1 aromatic heterocycles. The van der Waals surface area contributed by atoms with Gasteiger partial charge in [-0.1, -0.05) is 25.8 Å². The van der Waals surface area contributed by atoms with Crippen LogP contribution in [0.1, 0.15) is 44.2 Å². The van der Waals surface area contributed by atoms with Gasteiger partial charge in [0.25, 0.3) is 0 Å². The van der Waals surface area contributed by atoms with Crippen molar-refractivity contribution in [1.82, 2.24) is 15.2 Å². The summed E-state index contributed by atoms with van der Waals surface area (Å²) >= 11 is 0. The van der Waals surface area contributed by atoms with E-state index in [0.717, 1.165) is 6.54 Å². The van der Waals surface area contributed by atoms with Crippen LogP contribution in [-0.2, 0) is 0 Å². The zero-order valence-electron chi connectivity index (χ0n) is 11.8. The van der Waals surface area contributed by atoms with Crippen LogP contribution < -0.4 is 5.32 Å². The Bertz CT molecular complexity index is 355. The topological polar surface area (TPSA) is 28.2 Å². The second-order valence-corrected chi connectivity index (χ2v) is 5.48. The Balaban J connectivity index is 2.34. The van der Waals surface area contributed by atoms with Crippen LogP contribution in [0.2, 0.25) is 0 Å². The number of rotatable bonds is 5. The van der Waals surface area contributed by atoms with Crippen LogP contribution in [0.4, 0.5) is 0 Å². The van der Waals surface area contributed by atoms with E-state index in [-0.39, 0.29) is 5.54 Å². The van der Waals surface area contributed by atoms with Gasteiger partial charge in [-0.25, -0.2) is 0 Å². The maximum atomic E-state index is 4.29. The molecule has 100 valence electrons. The molecule has 1 unspecified atom stereocenters. The Labute approximate surface area is 111 Å². The monoisotopic (exact) mass is 247 g/mol. The molecule has 0 radical (unpaired) electrons. The molecule has 3 nitrogen and oxygen atoms in total. The van der Waals surface area contributed by atoms with Gasteiger partial charge in [-0.2, -0.15) is 0 Å². The molecule has 1 atom stereocenters. The third-order valence-corrected chi connectivity index (χ3v) is 4.32. The van der Waals surface area contributed by atoms with Crippen molar-refractivity contribution in [3.63, 3.8) is 0 Å². The third kappa shape index (κ3) is 2.43. The minimum absolute atomic E-state index is 0.249. The fourth-order valence-corrected chi connectivity index (χ4v) is 3.35. The van der Waals surface area contributed by atoms with Crippen molar-refractivity contribution < 1.29 is 0 Å². The summed E-state index contributed by atoms with van der Waals surface area (Å²) in [5, 5.41) is 3.68. The standard InChI is InChI=1S/C15H25N3/c1-4-17-14(13-8-7-11-16-12-13)15(18(2)3)9-5-6-10-15/h7-8,11-12,14,17H,4-6,9-10H2,1-3H3. The normalized spacial score (nSPS) is 20.2. The summed E-state index contributed by atoms with van der Waals surface area (Å²) in [6.07, 6.45) is 9.07. The van der Waals surface area contributed by atoms with Gasteiger partial charge in [-0.3, -0.25) is 4.98 Å². The molecular formula is C15H25N3. The van der Waals surface area contributed by atoms with Gasteiger partial charge in [0.1, 0.15) is 0 Å². The summed E-state index contributed by atoms with van der Waals surface area (Å²) in [6, 6.07) is 4.62. The highest BCUT2D eigenvalue weighted by Gasteiger charge is 2.43. The number of nitrogens with zero attached hydrogens (tertiary/aromatic N) is 2. The Hall–Kier alpha value is -0.930. The molecule has 1 fully saturated rings. The first-order chi connectivity index (χ1) is 8.70. The summed E-state index contributed by atoms with van der Waals surface area (Å²) in [5.41, 5.74) is 1.56. The lowest BCUT2D eigenvalue weighted by Gasteiger charge is -2.43. The number of nitrogens with one attached hydrogen (secondary N) is 1. The molecule has 1 saturated carbocycles. The lowest BCUT2D eigenvalue weighted by Crippen LogP contribution is -2.52. The van der Waals surface area contributed by atoms with E-state index in [9.17, 15) is 0 Å². The fourth-order valence-electron chi connectivity index (χ4n) is 3.35. The average molecular weight is 247 g/mol. The quantitative estimate of drug-likeness (QED) is 0.867. The molecule has 3 heteroatoms. The molecule has 2 rings (SSSR count). The fraction of sp³-hybridized carbons (Fsp3) is 0.667. The maximum Gasteiger partial charge on any atom is 0.0522 e. The predicted octanol–water partition coefficient (Wildman–Crippen LogP) is 2.61. The van der Waals surface area contributed by atoms with E-state index >= 15 is 0 Å². The molecule has 1 aliphatic carbocycles. The van der Waals surface area contributed by atoms with Gasteiger partial charge in [-0.05, 0) is 45.1 Å². The number of likely N-dealkylation sites (N-methyl/N-ethyl adjacent to an activating group) is 2. The SMILES string of the molecule is CCNC(c1cccnc1)C1(N(C)C)CCCC1. The van der Waals surface area contributed by atoms with Crippen LogP contribution in [0.25, 0.3) is 0 Å². The number of hydrogen-bond acceptors (Lipinski definition) is 3. The Morgan fingerprint density at radius 2 is 2.11 bits per heavy atom. The molecule has 1 heterocycles. The van der Waals surface area contributed by atoms with Gasteiger partial charge >= 0.3 is 0 Å². The van der Waals surface area contributed by atoms with Crippen LogP contribution in [-0.4, -0.2) is 36.1 Å². The lowest BCUT2D eigenvalue weighted by molar-refractivity contribution is 0.105. The van der Waals surface area contributed by atoms with Crippen molar-refractivity contribution in [2.24, 2.45) is 0 Å². The summed E-state index contributed by atoms with van der Waals surface area (Å²) < 4.78 is 0. The van der Waals surface area contributed by atoms with E-state index in [0.29, 0.717) is 6.04 Å². The van der Waals surface area contributed by atoms with Crippen LogP contribution in [0.5, 0.6) is 0 Å². The zero-order valence-corrected chi connectivity index (χ0v) is 11.8. The van der Waals surface area contributed by atoms with E-state index in [2.05, 4.69) is 42.3 Å². The van der Waals surface area contributed by atoms with Crippen molar-refractivity contribution >= 4 is 0 Å². The van der Waals surface area contributed by atoms with Gasteiger partial charge in [0.05, 0.1) is 6.04 Å². The Morgan fingerprint density at radius 3 is 2.61 bits per heavy atom. The lowest BCUT2D eigenvalue weighted by atomic mass is 9.83. The summed E-state index contributed by atoms with van der Waals surface area (Å²) in [6.45, 7) is 3.18. The highest BCUT2D eigenvalue weighted by Crippen LogP contribution is 2.43. The molecule has 0 bridgehead atoms. The van der Waals surface area contributed by atoms with Crippen molar-refractivity contribution in [2.75, 3.05) is 20.6 Å². The molecule has 1 aliphatic rings. The van der Waals surface area contributed by atoms with Crippen molar-refractivity contribution in [1.29, 1.82) is 0 Å². The molecule has 1 aromatic rings. The first-order valence-electron chi connectivity index (χ1n) is 7.01. The van der Waals surface area contributed by atoms with Gasteiger partial charge in [-0.15, -0.1) is 0 Å². The molecule has 18 heavy (non-hydrogen) atoms. The Kier molecular flexibility index (Phi) is 4.36. The molecule has 0 spiro atoms. The molecule has 0 aliphatic heterocycles. The maximum absolute atomic E-state index is 4.29. The van der Waals surface area contributed by atoms with Crippen LogP contribution >= 0.6 is 0 Å². The van der Waals surface area contributed by atoms with Gasteiger partial charge < -0.3 is 10.2 Å². The average Bonchev–Trinajstić information content (AvgIpc) is 2.87. The number of hydrogen-bond donors (Lipinski definition) is 1. The van der Waals surface area contributed by atoms with E-state index in [1.807, 2.05) is 18.5 Å². The van der Waals surface area contributed by atoms with Crippen LogP contribution in [0, 0.1) is 0 Å². The van der Waals surface area contributed by atoms with Crippen molar-refractivity contribution in [2.45, 2.75) is 44.2 Å². The van der Waals surface area contributed by atoms with E-state index < -0.39 is 0 Å². The second-order valence-electron chi connectivity index (χ2n) is 5.48. The minimum atomic E-state index is 0.249. The van der Waals surface area contributed by atoms with Gasteiger partial charge in [0.2, 0.25) is 0 Å². The van der Waals surface area contributed by atoms with E-state index in [1.54, 1.807) is 0 Å². The van der Waals surface area contributed by atoms with Crippen LogP contribution in [0.3, 0.4) is 0 Å². The number of aromatic nitrogens is 1. The summed E-state index contributed by atoms with van der Waals surface area (Å²) in [5.74, 6) is 0. The Morgan fingerprint density at radius 1 is 1.39 bits per heavy atom. The largest absolute Gasteiger partial charge is 0.309 e. The summed E-state index contributed by atoms with van der Waals surface area (Å²) in [7, 11) is 4.43. The van der Waals surface area contributed by atoms with E-state index in [4.69, 9.17) is 0 Å². The van der Waals surface area contributed by atoms with Crippen molar-refractivity contribution in [3.05, 3.63) is 30.1 Å². The molecule has 0 amide bonds. The molecular weight excluding hydrogens is 222 g/mol. The zero-order chi connectivity index (χ0) is 13.0. The predicted molar refractivity (Wildman–Crippen MR) is 75.5 cm³/mol. The molecule has 0 aromatic carbocycles. The first-order valence-corrected chi connectivity index (χ1v) is 7.01. The smallest absolute Gasteiger partial charge is 0.0522 e. The number of pyridine rings is 1. The van der Waals surface area contributed by atoms with Gasteiger partial charge in [0, 0.05) is 17.9 Å².